The molecular formula is C15H21N3O4. The first-order chi connectivity index (χ1) is 10.2. The van der Waals surface area contributed by atoms with Gasteiger partial charge in [-0.3, -0.25) is 10.1 Å². The highest BCUT2D eigenvalue weighted by Crippen LogP contribution is 2.29. The normalized spacial score (nSPS) is 20.7. The summed E-state index contributed by atoms with van der Waals surface area (Å²) in [6.07, 6.45) is 0.998. The SMILES string of the molecule is CC(C)(C)OC(=O)NC1CC(Nc2ccccc2[N+](=O)[O-])C1. The van der Waals surface area contributed by atoms with Crippen LogP contribution in [-0.2, 0) is 4.74 Å². The van der Waals surface area contributed by atoms with Crippen molar-refractivity contribution < 1.29 is 14.5 Å². The number of ether oxygens (including phenoxy) is 1. The number of nitro groups is 1. The molecule has 120 valence electrons. The van der Waals surface area contributed by atoms with Crippen LogP contribution in [0.2, 0.25) is 0 Å². The van der Waals surface area contributed by atoms with Crippen LogP contribution in [0.25, 0.3) is 0 Å². The Kier molecular flexibility index (Phi) is 4.54. The van der Waals surface area contributed by atoms with E-state index in [4.69, 9.17) is 4.74 Å². The van der Waals surface area contributed by atoms with E-state index >= 15 is 0 Å². The Hall–Kier alpha value is -2.31. The summed E-state index contributed by atoms with van der Waals surface area (Å²) in [5, 5.41) is 16.9. The van der Waals surface area contributed by atoms with Gasteiger partial charge in [0.15, 0.2) is 0 Å². The van der Waals surface area contributed by atoms with Crippen LogP contribution in [0.5, 0.6) is 0 Å². The lowest BCUT2D eigenvalue weighted by Crippen LogP contribution is -2.50. The fourth-order valence-corrected chi connectivity index (χ4v) is 2.30. The molecule has 0 unspecified atom stereocenters. The summed E-state index contributed by atoms with van der Waals surface area (Å²) in [5.41, 5.74) is 0.0510. The number of para-hydroxylation sites is 2. The Balaban J connectivity index is 1.81. The first-order valence-electron chi connectivity index (χ1n) is 7.24. The number of anilines is 1. The Morgan fingerprint density at radius 1 is 1.27 bits per heavy atom. The monoisotopic (exact) mass is 307 g/mol. The average molecular weight is 307 g/mol. The van der Waals surface area contributed by atoms with Crippen LogP contribution in [0.4, 0.5) is 16.2 Å². The molecule has 0 heterocycles. The number of hydrogen-bond donors (Lipinski definition) is 2. The number of nitrogens with one attached hydrogen (secondary N) is 2. The third kappa shape index (κ3) is 4.34. The minimum atomic E-state index is -0.518. The Morgan fingerprint density at radius 3 is 2.50 bits per heavy atom. The highest BCUT2D eigenvalue weighted by atomic mass is 16.6. The molecule has 1 amide bonds. The number of rotatable bonds is 4. The van der Waals surface area contributed by atoms with Crippen molar-refractivity contribution in [2.24, 2.45) is 0 Å². The number of nitrogens with zero attached hydrogens (tertiary/aromatic N) is 1. The van der Waals surface area contributed by atoms with Crippen LogP contribution in [0, 0.1) is 10.1 Å². The highest BCUT2D eigenvalue weighted by molar-refractivity contribution is 5.68. The largest absolute Gasteiger partial charge is 0.444 e. The third-order valence-electron chi connectivity index (χ3n) is 3.32. The molecule has 2 N–H and O–H groups in total. The van der Waals surface area contributed by atoms with E-state index in [2.05, 4.69) is 10.6 Å². The van der Waals surface area contributed by atoms with Crippen LogP contribution in [0.1, 0.15) is 33.6 Å². The van der Waals surface area contributed by atoms with Gasteiger partial charge in [-0.1, -0.05) is 12.1 Å². The van der Waals surface area contributed by atoms with E-state index < -0.39 is 16.6 Å². The lowest BCUT2D eigenvalue weighted by atomic mass is 9.86. The second-order valence-electron chi connectivity index (χ2n) is 6.43. The molecule has 0 saturated heterocycles. The average Bonchev–Trinajstić information content (AvgIpc) is 2.34. The smallest absolute Gasteiger partial charge is 0.407 e. The number of carbonyl (C=O) groups is 1. The molecule has 1 aromatic rings. The van der Waals surface area contributed by atoms with Gasteiger partial charge in [0.05, 0.1) is 4.92 Å². The van der Waals surface area contributed by atoms with E-state index in [0.717, 1.165) is 0 Å². The predicted molar refractivity (Wildman–Crippen MR) is 82.9 cm³/mol. The molecule has 0 aliphatic heterocycles. The van der Waals surface area contributed by atoms with Crippen molar-refractivity contribution in [3.63, 3.8) is 0 Å². The second-order valence-corrected chi connectivity index (χ2v) is 6.43. The van der Waals surface area contributed by atoms with Crippen molar-refractivity contribution in [2.75, 3.05) is 5.32 Å². The fraction of sp³-hybridized carbons (Fsp3) is 0.533. The van der Waals surface area contributed by atoms with E-state index in [1.165, 1.54) is 6.07 Å². The maximum Gasteiger partial charge on any atom is 0.407 e. The lowest BCUT2D eigenvalue weighted by molar-refractivity contribution is -0.384. The molecule has 1 aliphatic carbocycles. The number of nitro benzene ring substituents is 1. The van der Waals surface area contributed by atoms with E-state index in [9.17, 15) is 14.9 Å². The summed E-state index contributed by atoms with van der Waals surface area (Å²) in [7, 11) is 0. The molecule has 7 heteroatoms. The zero-order valence-electron chi connectivity index (χ0n) is 13.0. The Morgan fingerprint density at radius 2 is 1.91 bits per heavy atom. The number of amides is 1. The van der Waals surface area contributed by atoms with E-state index in [1.54, 1.807) is 18.2 Å². The van der Waals surface area contributed by atoms with Gasteiger partial charge in [-0.15, -0.1) is 0 Å². The number of hydrogen-bond acceptors (Lipinski definition) is 5. The molecule has 0 bridgehead atoms. The minimum absolute atomic E-state index is 0.0371. The maximum atomic E-state index is 11.6. The molecule has 1 aromatic carbocycles. The predicted octanol–water partition coefficient (Wildman–Crippen LogP) is 3.06. The molecule has 1 aliphatic rings. The topological polar surface area (TPSA) is 93.5 Å². The molecule has 0 radical (unpaired) electrons. The van der Waals surface area contributed by atoms with Gasteiger partial charge < -0.3 is 15.4 Å². The van der Waals surface area contributed by atoms with E-state index in [-0.39, 0.29) is 17.8 Å². The molecule has 2 rings (SSSR count). The molecular weight excluding hydrogens is 286 g/mol. The van der Waals surface area contributed by atoms with Crippen molar-refractivity contribution in [3.05, 3.63) is 34.4 Å². The van der Waals surface area contributed by atoms with Crippen molar-refractivity contribution >= 4 is 17.5 Å². The highest BCUT2D eigenvalue weighted by Gasteiger charge is 2.32. The van der Waals surface area contributed by atoms with Gasteiger partial charge >= 0.3 is 6.09 Å². The molecule has 0 atom stereocenters. The number of alkyl carbamates (subject to hydrolysis) is 1. The summed E-state index contributed by atoms with van der Waals surface area (Å²) in [5.74, 6) is 0. The van der Waals surface area contributed by atoms with Crippen molar-refractivity contribution in [1.29, 1.82) is 0 Å². The quantitative estimate of drug-likeness (QED) is 0.658. The summed E-state index contributed by atoms with van der Waals surface area (Å²) in [6.45, 7) is 5.44. The number of benzene rings is 1. The molecule has 1 saturated carbocycles. The van der Waals surface area contributed by atoms with Gasteiger partial charge in [-0.2, -0.15) is 0 Å². The molecule has 0 spiro atoms. The first kappa shape index (κ1) is 16.1. The summed E-state index contributed by atoms with van der Waals surface area (Å²) < 4.78 is 5.19. The zero-order chi connectivity index (χ0) is 16.3. The van der Waals surface area contributed by atoms with Gasteiger partial charge in [-0.05, 0) is 39.7 Å². The number of carbonyl (C=O) groups excluding carboxylic acids is 1. The third-order valence-corrected chi connectivity index (χ3v) is 3.32. The minimum Gasteiger partial charge on any atom is -0.444 e. The zero-order valence-corrected chi connectivity index (χ0v) is 13.0. The molecule has 22 heavy (non-hydrogen) atoms. The van der Waals surface area contributed by atoms with Crippen LogP contribution >= 0.6 is 0 Å². The van der Waals surface area contributed by atoms with Crippen LogP contribution in [0.3, 0.4) is 0 Å². The second kappa shape index (κ2) is 6.21. The summed E-state index contributed by atoms with van der Waals surface area (Å²) in [4.78, 5) is 22.2. The van der Waals surface area contributed by atoms with Crippen molar-refractivity contribution in [2.45, 2.75) is 51.3 Å². The summed E-state index contributed by atoms with van der Waals surface area (Å²) in [6, 6.07) is 6.70. The Labute approximate surface area is 129 Å². The van der Waals surface area contributed by atoms with Gasteiger partial charge in [0.25, 0.3) is 5.69 Å². The molecule has 7 nitrogen and oxygen atoms in total. The van der Waals surface area contributed by atoms with Crippen LogP contribution in [-0.4, -0.2) is 28.7 Å². The van der Waals surface area contributed by atoms with Gasteiger partial charge in [0.2, 0.25) is 0 Å². The maximum absolute atomic E-state index is 11.6. The standard InChI is InChI=1S/C15H21N3O4/c1-15(2,3)22-14(19)17-11-8-10(9-11)16-12-6-4-5-7-13(12)18(20)21/h4-7,10-11,16H,8-9H2,1-3H3,(H,17,19). The van der Waals surface area contributed by atoms with Crippen LogP contribution < -0.4 is 10.6 Å². The summed E-state index contributed by atoms with van der Waals surface area (Å²) >= 11 is 0. The van der Waals surface area contributed by atoms with Crippen molar-refractivity contribution in [1.82, 2.24) is 5.32 Å². The van der Waals surface area contributed by atoms with Crippen molar-refractivity contribution in [3.8, 4) is 0 Å². The molecule has 1 fully saturated rings. The van der Waals surface area contributed by atoms with Gasteiger partial charge in [-0.25, -0.2) is 4.79 Å². The van der Waals surface area contributed by atoms with E-state index in [0.29, 0.717) is 18.5 Å². The van der Waals surface area contributed by atoms with Gasteiger partial charge in [0.1, 0.15) is 11.3 Å². The van der Waals surface area contributed by atoms with Gasteiger partial charge in [0, 0.05) is 18.2 Å². The first-order valence-corrected chi connectivity index (χ1v) is 7.24. The van der Waals surface area contributed by atoms with Crippen LogP contribution in [0.15, 0.2) is 24.3 Å². The fourth-order valence-electron chi connectivity index (χ4n) is 2.30. The molecule has 0 aromatic heterocycles. The lowest BCUT2D eigenvalue weighted by Gasteiger charge is -2.37. The Bertz CT molecular complexity index is 562. The van der Waals surface area contributed by atoms with E-state index in [1.807, 2.05) is 20.8 Å².